The monoisotopic (exact) mass is 448 g/mol. The Hall–Kier alpha value is -4.44. The minimum Gasteiger partial charge on any atom is -0.423 e. The number of ether oxygens (including phenoxy) is 2. The predicted molar refractivity (Wildman–Crippen MR) is 136 cm³/mol. The van der Waals surface area contributed by atoms with Gasteiger partial charge in [0.25, 0.3) is 0 Å². The average Bonchev–Trinajstić information content (AvgIpc) is 2.83. The van der Waals surface area contributed by atoms with Gasteiger partial charge < -0.3 is 9.47 Å². The number of fused-ring (bicyclic) bond motifs is 1. The standard InChI is InChI=1S/C30H24O4/c1-21-9-3-5-11-23(21)17-19-28(31)33-26-15-7-13-25-14-8-16-27(30(25)26)34-29(32)20-18-24-12-6-4-10-22(24)2/h3-20H,1-2H3/b19-17+,20-18?. The van der Waals surface area contributed by atoms with Gasteiger partial charge in [-0.3, -0.25) is 0 Å². The van der Waals surface area contributed by atoms with Gasteiger partial charge in [0.15, 0.2) is 0 Å². The van der Waals surface area contributed by atoms with E-state index >= 15 is 0 Å². The lowest BCUT2D eigenvalue weighted by Gasteiger charge is -2.11. The number of aryl methyl sites for hydroxylation is 2. The van der Waals surface area contributed by atoms with Crippen LogP contribution < -0.4 is 9.47 Å². The molecule has 4 nitrogen and oxygen atoms in total. The van der Waals surface area contributed by atoms with Gasteiger partial charge >= 0.3 is 11.9 Å². The molecule has 34 heavy (non-hydrogen) atoms. The van der Waals surface area contributed by atoms with Crippen molar-refractivity contribution in [1.82, 2.24) is 0 Å². The highest BCUT2D eigenvalue weighted by Gasteiger charge is 2.13. The van der Waals surface area contributed by atoms with Crippen molar-refractivity contribution in [3.63, 3.8) is 0 Å². The van der Waals surface area contributed by atoms with Gasteiger partial charge in [0, 0.05) is 12.2 Å². The van der Waals surface area contributed by atoms with Crippen LogP contribution in [0.3, 0.4) is 0 Å². The third-order valence-corrected chi connectivity index (χ3v) is 5.42. The maximum Gasteiger partial charge on any atom is 0.336 e. The number of esters is 2. The smallest absolute Gasteiger partial charge is 0.336 e. The molecule has 0 aliphatic rings. The Kier molecular flexibility index (Phi) is 6.99. The summed E-state index contributed by atoms with van der Waals surface area (Å²) in [4.78, 5) is 25.1. The van der Waals surface area contributed by atoms with Crippen molar-refractivity contribution in [3.05, 3.63) is 119 Å². The largest absolute Gasteiger partial charge is 0.423 e. The molecule has 0 heterocycles. The van der Waals surface area contributed by atoms with Gasteiger partial charge in [-0.15, -0.1) is 0 Å². The molecule has 0 fully saturated rings. The molecule has 0 saturated heterocycles. The minimum absolute atomic E-state index is 0.322. The Morgan fingerprint density at radius 2 is 1.03 bits per heavy atom. The zero-order valence-electron chi connectivity index (χ0n) is 19.0. The van der Waals surface area contributed by atoms with Crippen LogP contribution >= 0.6 is 0 Å². The summed E-state index contributed by atoms with van der Waals surface area (Å²) in [6.45, 7) is 3.95. The number of carbonyl (C=O) groups excluding carboxylic acids is 2. The third kappa shape index (κ3) is 5.48. The Labute approximate surface area is 198 Å². The lowest BCUT2D eigenvalue weighted by molar-refractivity contribution is -0.129. The van der Waals surface area contributed by atoms with Gasteiger partial charge in [-0.2, -0.15) is 0 Å². The zero-order valence-corrected chi connectivity index (χ0v) is 19.0. The van der Waals surface area contributed by atoms with E-state index in [1.165, 1.54) is 12.2 Å². The van der Waals surface area contributed by atoms with Crippen LogP contribution in [0.25, 0.3) is 22.9 Å². The molecule has 0 aliphatic carbocycles. The Morgan fingerprint density at radius 3 is 1.47 bits per heavy atom. The van der Waals surface area contributed by atoms with E-state index in [0.717, 1.165) is 27.6 Å². The Balaban J connectivity index is 1.56. The molecule has 0 saturated carbocycles. The van der Waals surface area contributed by atoms with Crippen LogP contribution in [0.2, 0.25) is 0 Å². The van der Waals surface area contributed by atoms with E-state index in [-0.39, 0.29) is 0 Å². The summed E-state index contributed by atoms with van der Waals surface area (Å²) >= 11 is 0. The van der Waals surface area contributed by atoms with Crippen molar-refractivity contribution in [3.8, 4) is 11.5 Å². The maximum absolute atomic E-state index is 12.5. The lowest BCUT2D eigenvalue weighted by atomic mass is 10.1. The average molecular weight is 449 g/mol. The van der Waals surface area contributed by atoms with E-state index in [9.17, 15) is 9.59 Å². The van der Waals surface area contributed by atoms with Crippen molar-refractivity contribution in [1.29, 1.82) is 0 Å². The van der Waals surface area contributed by atoms with E-state index in [2.05, 4.69) is 0 Å². The van der Waals surface area contributed by atoms with Crippen LogP contribution in [0.5, 0.6) is 11.5 Å². The first-order valence-corrected chi connectivity index (χ1v) is 10.9. The molecule has 0 atom stereocenters. The first-order valence-electron chi connectivity index (χ1n) is 10.9. The maximum atomic E-state index is 12.5. The molecule has 0 spiro atoms. The highest BCUT2D eigenvalue weighted by atomic mass is 16.5. The fourth-order valence-electron chi connectivity index (χ4n) is 3.59. The second-order valence-corrected chi connectivity index (χ2v) is 7.83. The summed E-state index contributed by atoms with van der Waals surface area (Å²) in [5.41, 5.74) is 3.99. The van der Waals surface area contributed by atoms with Crippen LogP contribution in [-0.2, 0) is 9.59 Å². The molecule has 0 amide bonds. The second kappa shape index (κ2) is 10.5. The summed E-state index contributed by atoms with van der Waals surface area (Å²) in [6, 6.07) is 26.2. The van der Waals surface area contributed by atoms with Crippen LogP contribution in [0.15, 0.2) is 97.1 Å². The molecule has 0 aromatic heterocycles. The van der Waals surface area contributed by atoms with E-state index < -0.39 is 11.9 Å². The number of hydrogen-bond donors (Lipinski definition) is 0. The summed E-state index contributed by atoms with van der Waals surface area (Å²) < 4.78 is 11.2. The molecule has 0 radical (unpaired) electrons. The quantitative estimate of drug-likeness (QED) is 0.187. The molecule has 4 aromatic rings. The van der Waals surface area contributed by atoms with E-state index in [1.54, 1.807) is 36.4 Å². The highest BCUT2D eigenvalue weighted by molar-refractivity contribution is 5.99. The van der Waals surface area contributed by atoms with Gasteiger partial charge in [-0.25, -0.2) is 9.59 Å². The molecule has 4 heteroatoms. The van der Waals surface area contributed by atoms with Gasteiger partial charge in [-0.05, 0) is 65.8 Å². The highest BCUT2D eigenvalue weighted by Crippen LogP contribution is 2.34. The molecular weight excluding hydrogens is 424 g/mol. The second-order valence-electron chi connectivity index (χ2n) is 7.83. The lowest BCUT2D eigenvalue weighted by Crippen LogP contribution is -2.07. The van der Waals surface area contributed by atoms with E-state index in [1.807, 2.05) is 74.5 Å². The third-order valence-electron chi connectivity index (χ3n) is 5.42. The molecule has 0 bridgehead atoms. The molecule has 0 unspecified atom stereocenters. The van der Waals surface area contributed by atoms with E-state index in [0.29, 0.717) is 16.9 Å². The molecule has 0 aliphatic heterocycles. The number of rotatable bonds is 6. The Morgan fingerprint density at radius 1 is 0.588 bits per heavy atom. The van der Waals surface area contributed by atoms with Gasteiger partial charge in [0.1, 0.15) is 11.5 Å². The molecule has 0 N–H and O–H groups in total. The summed E-state index contributed by atoms with van der Waals surface area (Å²) in [5.74, 6) is -0.390. The van der Waals surface area contributed by atoms with Crippen LogP contribution in [0.4, 0.5) is 0 Å². The van der Waals surface area contributed by atoms with Crippen LogP contribution in [0.1, 0.15) is 22.3 Å². The fraction of sp³-hybridized carbons (Fsp3) is 0.0667. The minimum atomic E-state index is -0.517. The molecule has 4 aromatic carbocycles. The van der Waals surface area contributed by atoms with Crippen molar-refractivity contribution in [2.75, 3.05) is 0 Å². The normalized spacial score (nSPS) is 11.2. The molecule has 168 valence electrons. The van der Waals surface area contributed by atoms with Crippen molar-refractivity contribution in [2.45, 2.75) is 13.8 Å². The van der Waals surface area contributed by atoms with Crippen molar-refractivity contribution < 1.29 is 19.1 Å². The topological polar surface area (TPSA) is 52.6 Å². The van der Waals surface area contributed by atoms with Crippen LogP contribution in [-0.4, -0.2) is 11.9 Å². The van der Waals surface area contributed by atoms with E-state index in [4.69, 9.17) is 9.47 Å². The fourth-order valence-corrected chi connectivity index (χ4v) is 3.59. The molecular formula is C30H24O4. The van der Waals surface area contributed by atoms with Crippen LogP contribution in [0, 0.1) is 13.8 Å². The zero-order chi connectivity index (χ0) is 23.9. The summed E-state index contributed by atoms with van der Waals surface area (Å²) in [7, 11) is 0. The van der Waals surface area contributed by atoms with Gasteiger partial charge in [0.2, 0.25) is 0 Å². The predicted octanol–water partition coefficient (Wildman–Crippen LogP) is 6.69. The first-order chi connectivity index (χ1) is 16.5. The van der Waals surface area contributed by atoms with Gasteiger partial charge in [-0.1, -0.05) is 72.8 Å². The number of carbonyl (C=O) groups is 2. The van der Waals surface area contributed by atoms with Crippen molar-refractivity contribution >= 4 is 34.9 Å². The Bertz CT molecular complexity index is 1310. The number of hydrogen-bond acceptors (Lipinski definition) is 4. The SMILES string of the molecule is Cc1ccccc1C=CC(=O)Oc1cccc2cccc(OC(=O)/C=C/c3ccccc3C)c12. The molecule has 4 rings (SSSR count). The van der Waals surface area contributed by atoms with Gasteiger partial charge in [0.05, 0.1) is 5.39 Å². The summed E-state index contributed by atoms with van der Waals surface area (Å²) in [5, 5.41) is 1.35. The van der Waals surface area contributed by atoms with Crippen molar-refractivity contribution in [2.24, 2.45) is 0 Å². The first kappa shape index (κ1) is 22.7. The number of benzene rings is 4. The summed E-state index contributed by atoms with van der Waals surface area (Å²) in [6.07, 6.45) is 6.22.